The Kier molecular flexibility index (Phi) is 5.80. The van der Waals surface area contributed by atoms with Crippen molar-refractivity contribution in [1.29, 1.82) is 0 Å². The first-order valence-corrected chi connectivity index (χ1v) is 12.0. The molecule has 162 valence electrons. The van der Waals surface area contributed by atoms with Crippen molar-refractivity contribution in [2.75, 3.05) is 18.4 Å². The van der Waals surface area contributed by atoms with Crippen molar-refractivity contribution in [2.24, 2.45) is 5.92 Å². The largest absolute Gasteiger partial charge is 0.343 e. The Morgan fingerprint density at radius 3 is 2.90 bits per heavy atom. The van der Waals surface area contributed by atoms with E-state index < -0.39 is 5.82 Å². The van der Waals surface area contributed by atoms with Gasteiger partial charge in [-0.15, -0.1) is 11.3 Å². The van der Waals surface area contributed by atoms with Crippen LogP contribution in [0.2, 0.25) is 5.02 Å². The van der Waals surface area contributed by atoms with Gasteiger partial charge in [-0.1, -0.05) is 11.6 Å². The van der Waals surface area contributed by atoms with E-state index in [0.29, 0.717) is 29.8 Å². The van der Waals surface area contributed by atoms with Crippen LogP contribution < -0.4 is 5.32 Å². The topological polar surface area (TPSA) is 58.1 Å². The van der Waals surface area contributed by atoms with Crippen LogP contribution in [0.3, 0.4) is 0 Å². The molecule has 3 heterocycles. The molecule has 5 nitrogen and oxygen atoms in total. The monoisotopic (exact) mass is 458 g/mol. The van der Waals surface area contributed by atoms with Crippen LogP contribution in [0.25, 0.3) is 10.2 Å². The molecule has 1 unspecified atom stereocenters. The number of hydrogen-bond acceptors (Lipinski definition) is 5. The zero-order valence-electron chi connectivity index (χ0n) is 17.2. The first-order chi connectivity index (χ1) is 15.1. The third kappa shape index (κ3) is 4.26. The van der Waals surface area contributed by atoms with Crippen molar-refractivity contribution >= 4 is 50.6 Å². The van der Waals surface area contributed by atoms with E-state index in [-0.39, 0.29) is 5.02 Å². The number of rotatable bonds is 4. The molecule has 0 spiro atoms. The van der Waals surface area contributed by atoms with Crippen LogP contribution >= 0.6 is 22.9 Å². The van der Waals surface area contributed by atoms with E-state index in [4.69, 9.17) is 11.6 Å². The Balaban J connectivity index is 1.36. The van der Waals surface area contributed by atoms with Gasteiger partial charge in [0.05, 0.1) is 10.4 Å². The van der Waals surface area contributed by atoms with Gasteiger partial charge < -0.3 is 10.2 Å². The Morgan fingerprint density at radius 1 is 1.26 bits per heavy atom. The predicted molar refractivity (Wildman–Crippen MR) is 123 cm³/mol. The second kappa shape index (κ2) is 8.71. The quantitative estimate of drug-likeness (QED) is 0.542. The summed E-state index contributed by atoms with van der Waals surface area (Å²) < 4.78 is 13.5. The van der Waals surface area contributed by atoms with Gasteiger partial charge in [0.25, 0.3) is 0 Å². The van der Waals surface area contributed by atoms with E-state index in [1.165, 1.54) is 22.9 Å². The Morgan fingerprint density at radius 2 is 2.10 bits per heavy atom. The minimum atomic E-state index is -0.446. The molecule has 1 atom stereocenters. The minimum Gasteiger partial charge on any atom is -0.343 e. The summed E-state index contributed by atoms with van der Waals surface area (Å²) in [6.45, 7) is 1.83. The standard InChI is InChI=1S/C23H24ClFN4OS/c24-17-12-15(5-7-18(17)25)28-22-21-16-6-4-14(10-19(16)31-23(21)27-13-26-22)11-20(30)29-8-2-1-3-9-29/h5,7,12-14H,1-4,6,8-11H2,(H,26,27,28). The number of aromatic nitrogens is 2. The lowest BCUT2D eigenvalue weighted by Crippen LogP contribution is -2.37. The molecule has 0 bridgehead atoms. The van der Waals surface area contributed by atoms with Crippen LogP contribution in [0.5, 0.6) is 0 Å². The number of halogens is 2. The van der Waals surface area contributed by atoms with Crippen LogP contribution in [0.4, 0.5) is 15.9 Å². The molecule has 1 aliphatic heterocycles. The lowest BCUT2D eigenvalue weighted by molar-refractivity contribution is -0.133. The van der Waals surface area contributed by atoms with Gasteiger partial charge in [-0.3, -0.25) is 4.79 Å². The molecule has 3 aromatic rings. The highest BCUT2D eigenvalue weighted by molar-refractivity contribution is 7.19. The van der Waals surface area contributed by atoms with Crippen LogP contribution in [-0.2, 0) is 17.6 Å². The van der Waals surface area contributed by atoms with Crippen molar-refractivity contribution in [3.63, 3.8) is 0 Å². The molecule has 2 aliphatic rings. The van der Waals surface area contributed by atoms with Gasteiger partial charge in [0, 0.05) is 30.1 Å². The number of likely N-dealkylation sites (tertiary alicyclic amines) is 1. The van der Waals surface area contributed by atoms with Crippen molar-refractivity contribution in [3.8, 4) is 0 Å². The first-order valence-electron chi connectivity index (χ1n) is 10.8. The van der Waals surface area contributed by atoms with Crippen molar-refractivity contribution in [1.82, 2.24) is 14.9 Å². The molecule has 1 fully saturated rings. The molecule has 0 saturated carbocycles. The summed E-state index contributed by atoms with van der Waals surface area (Å²) in [6.07, 6.45) is 8.51. The third-order valence-corrected chi connectivity index (χ3v) is 7.75. The number of piperidine rings is 1. The molecule has 0 radical (unpaired) electrons. The predicted octanol–water partition coefficient (Wildman–Crippen LogP) is 5.73. The van der Waals surface area contributed by atoms with Crippen LogP contribution in [-0.4, -0.2) is 33.9 Å². The molecule has 5 rings (SSSR count). The Bertz CT molecular complexity index is 1130. The summed E-state index contributed by atoms with van der Waals surface area (Å²) in [5.74, 6) is 0.964. The van der Waals surface area contributed by atoms with Crippen LogP contribution in [0.15, 0.2) is 24.5 Å². The summed E-state index contributed by atoms with van der Waals surface area (Å²) in [5.41, 5.74) is 1.96. The van der Waals surface area contributed by atoms with E-state index in [1.807, 2.05) is 4.90 Å². The highest BCUT2D eigenvalue weighted by Gasteiger charge is 2.28. The zero-order chi connectivity index (χ0) is 21.4. The number of thiophene rings is 1. The van der Waals surface area contributed by atoms with E-state index in [2.05, 4.69) is 15.3 Å². The van der Waals surface area contributed by atoms with E-state index in [1.54, 1.807) is 29.8 Å². The van der Waals surface area contributed by atoms with Gasteiger partial charge in [-0.2, -0.15) is 0 Å². The van der Waals surface area contributed by atoms with Crippen molar-refractivity contribution < 1.29 is 9.18 Å². The second-order valence-electron chi connectivity index (χ2n) is 8.41. The normalized spacial score (nSPS) is 18.8. The highest BCUT2D eigenvalue weighted by atomic mass is 35.5. The van der Waals surface area contributed by atoms with Gasteiger partial charge in [0.1, 0.15) is 22.8 Å². The van der Waals surface area contributed by atoms with Gasteiger partial charge in [-0.05, 0) is 68.2 Å². The average molecular weight is 459 g/mol. The fourth-order valence-electron chi connectivity index (χ4n) is 4.68. The lowest BCUT2D eigenvalue weighted by Gasteiger charge is -2.29. The zero-order valence-corrected chi connectivity index (χ0v) is 18.7. The molecule has 1 aromatic carbocycles. The first kappa shape index (κ1) is 20.6. The fourth-order valence-corrected chi connectivity index (χ4v) is 6.16. The lowest BCUT2D eigenvalue weighted by atomic mass is 9.85. The average Bonchev–Trinajstić information content (AvgIpc) is 3.15. The summed E-state index contributed by atoms with van der Waals surface area (Å²) in [7, 11) is 0. The number of benzene rings is 1. The molecular formula is C23H24ClFN4OS. The highest BCUT2D eigenvalue weighted by Crippen LogP contribution is 2.41. The summed E-state index contributed by atoms with van der Waals surface area (Å²) >= 11 is 7.62. The van der Waals surface area contributed by atoms with Gasteiger partial charge in [0.2, 0.25) is 5.91 Å². The maximum atomic E-state index is 13.5. The number of anilines is 2. The molecule has 31 heavy (non-hydrogen) atoms. The summed E-state index contributed by atoms with van der Waals surface area (Å²) in [5, 5.41) is 4.39. The van der Waals surface area contributed by atoms with E-state index in [9.17, 15) is 9.18 Å². The number of carbonyl (C=O) groups excluding carboxylic acids is 1. The maximum Gasteiger partial charge on any atom is 0.222 e. The number of nitrogens with one attached hydrogen (secondary N) is 1. The third-order valence-electron chi connectivity index (χ3n) is 6.30. The van der Waals surface area contributed by atoms with Crippen molar-refractivity contribution in [3.05, 3.63) is 45.8 Å². The SMILES string of the molecule is O=C(CC1CCc2c(sc3ncnc(Nc4ccc(F)c(Cl)c4)c23)C1)N1CCCCC1. The maximum absolute atomic E-state index is 13.5. The molecule has 8 heteroatoms. The molecule has 1 amide bonds. The smallest absolute Gasteiger partial charge is 0.222 e. The number of aryl methyl sites for hydroxylation is 1. The number of nitrogens with zero attached hydrogens (tertiary/aromatic N) is 3. The number of amides is 1. The molecule has 1 aliphatic carbocycles. The van der Waals surface area contributed by atoms with Crippen LogP contribution in [0, 0.1) is 11.7 Å². The van der Waals surface area contributed by atoms with Gasteiger partial charge in [0.15, 0.2) is 0 Å². The van der Waals surface area contributed by atoms with Crippen molar-refractivity contribution in [2.45, 2.75) is 44.9 Å². The molecule has 1 N–H and O–H groups in total. The fraction of sp³-hybridized carbons (Fsp3) is 0.435. The number of fused-ring (bicyclic) bond motifs is 3. The molecule has 2 aromatic heterocycles. The Labute approximate surface area is 189 Å². The minimum absolute atomic E-state index is 0.0730. The Hall–Kier alpha value is -2.25. The van der Waals surface area contributed by atoms with Crippen LogP contribution in [0.1, 0.15) is 42.5 Å². The van der Waals surface area contributed by atoms with Gasteiger partial charge >= 0.3 is 0 Å². The molecular weight excluding hydrogens is 435 g/mol. The second-order valence-corrected chi connectivity index (χ2v) is 9.91. The summed E-state index contributed by atoms with van der Waals surface area (Å²) in [6, 6.07) is 4.55. The summed E-state index contributed by atoms with van der Waals surface area (Å²) in [4.78, 5) is 25.9. The number of hydrogen-bond donors (Lipinski definition) is 1. The van der Waals surface area contributed by atoms with Gasteiger partial charge in [-0.25, -0.2) is 14.4 Å². The molecule has 1 saturated heterocycles. The van der Waals surface area contributed by atoms with E-state index in [0.717, 1.165) is 55.4 Å². The van der Waals surface area contributed by atoms with E-state index >= 15 is 0 Å². The number of carbonyl (C=O) groups is 1.